The highest BCUT2D eigenvalue weighted by molar-refractivity contribution is 6.22. The maximum atomic E-state index is 12.7. The van der Waals surface area contributed by atoms with Gasteiger partial charge < -0.3 is 14.4 Å². The number of ether oxygens (including phenoxy) is 1. The third-order valence-electron chi connectivity index (χ3n) is 5.41. The Labute approximate surface area is 211 Å². The standard InChI is InChI=1S/C26H24N2O9/c1-13(2)9-21(29)36-27-23(31)17-7-5-15(11-19(17)25(27)33)35-16-6-8-18-20(12-16)26(34)28(24(18)32)37-22(30)10-14(3)4/h5-8,11-14H,9-10H2,1-4H3. The zero-order valence-electron chi connectivity index (χ0n) is 20.6. The summed E-state index contributed by atoms with van der Waals surface area (Å²) < 4.78 is 5.75. The maximum Gasteiger partial charge on any atom is 0.333 e. The molecular formula is C26H24N2O9. The van der Waals surface area contributed by atoms with Crippen LogP contribution in [-0.2, 0) is 19.3 Å². The molecule has 0 saturated heterocycles. The normalized spacial score (nSPS) is 14.4. The molecule has 11 nitrogen and oxygen atoms in total. The minimum atomic E-state index is -0.809. The summed E-state index contributed by atoms with van der Waals surface area (Å²) in [5.41, 5.74) is 0.0533. The molecule has 4 rings (SSSR count). The van der Waals surface area contributed by atoms with E-state index in [4.69, 9.17) is 14.4 Å². The van der Waals surface area contributed by atoms with Gasteiger partial charge in [-0.05, 0) is 48.2 Å². The number of amides is 4. The van der Waals surface area contributed by atoms with Crippen LogP contribution in [0.1, 0.15) is 82.0 Å². The summed E-state index contributed by atoms with van der Waals surface area (Å²) >= 11 is 0. The van der Waals surface area contributed by atoms with Crippen LogP contribution >= 0.6 is 0 Å². The lowest BCUT2D eigenvalue weighted by Gasteiger charge is -2.13. The van der Waals surface area contributed by atoms with Crippen LogP contribution < -0.4 is 4.74 Å². The van der Waals surface area contributed by atoms with Crippen molar-refractivity contribution in [1.82, 2.24) is 10.1 Å². The van der Waals surface area contributed by atoms with Crippen LogP contribution in [0.15, 0.2) is 36.4 Å². The molecule has 0 radical (unpaired) electrons. The molecule has 0 aromatic heterocycles. The van der Waals surface area contributed by atoms with Crippen molar-refractivity contribution in [2.75, 3.05) is 0 Å². The molecule has 2 heterocycles. The highest BCUT2D eigenvalue weighted by atomic mass is 16.7. The van der Waals surface area contributed by atoms with Crippen LogP contribution in [0.3, 0.4) is 0 Å². The van der Waals surface area contributed by atoms with Gasteiger partial charge in [0.2, 0.25) is 0 Å². The minimum Gasteiger partial charge on any atom is -0.457 e. The van der Waals surface area contributed by atoms with Gasteiger partial charge in [0, 0.05) is 0 Å². The Bertz CT molecular complexity index is 1240. The van der Waals surface area contributed by atoms with E-state index in [0.29, 0.717) is 10.1 Å². The van der Waals surface area contributed by atoms with Gasteiger partial charge in [-0.15, -0.1) is 0 Å². The molecule has 2 aliphatic heterocycles. The molecule has 37 heavy (non-hydrogen) atoms. The molecule has 2 aromatic rings. The lowest BCUT2D eigenvalue weighted by Crippen LogP contribution is -2.33. The van der Waals surface area contributed by atoms with Gasteiger partial charge in [0.1, 0.15) is 11.5 Å². The molecule has 0 unspecified atom stereocenters. The first-order chi connectivity index (χ1) is 17.5. The maximum absolute atomic E-state index is 12.7. The van der Waals surface area contributed by atoms with Crippen molar-refractivity contribution in [1.29, 1.82) is 0 Å². The second-order valence-electron chi connectivity index (χ2n) is 9.45. The van der Waals surface area contributed by atoms with Gasteiger partial charge >= 0.3 is 11.9 Å². The number of hydrogen-bond donors (Lipinski definition) is 0. The van der Waals surface area contributed by atoms with E-state index in [1.165, 1.54) is 36.4 Å². The van der Waals surface area contributed by atoms with Crippen LogP contribution in [0, 0.1) is 11.8 Å². The van der Waals surface area contributed by atoms with Crippen molar-refractivity contribution in [2.45, 2.75) is 40.5 Å². The van der Waals surface area contributed by atoms with Crippen LogP contribution in [0.5, 0.6) is 11.5 Å². The van der Waals surface area contributed by atoms with Crippen LogP contribution in [0.25, 0.3) is 0 Å². The lowest BCUT2D eigenvalue weighted by molar-refractivity contribution is -0.169. The summed E-state index contributed by atoms with van der Waals surface area (Å²) in [6.07, 6.45) is 0.0747. The van der Waals surface area contributed by atoms with Crippen LogP contribution in [0.2, 0.25) is 0 Å². The minimum absolute atomic E-state index is 0.0173. The van der Waals surface area contributed by atoms with E-state index in [2.05, 4.69) is 0 Å². The molecule has 11 heteroatoms. The zero-order chi connectivity index (χ0) is 27.0. The van der Waals surface area contributed by atoms with Gasteiger partial charge in [0.15, 0.2) is 0 Å². The van der Waals surface area contributed by atoms with Crippen LogP contribution in [0.4, 0.5) is 0 Å². The van der Waals surface area contributed by atoms with E-state index in [9.17, 15) is 28.8 Å². The van der Waals surface area contributed by atoms with Crippen molar-refractivity contribution in [3.05, 3.63) is 58.7 Å². The number of hydrogen-bond acceptors (Lipinski definition) is 9. The quantitative estimate of drug-likeness (QED) is 0.489. The summed E-state index contributed by atoms with van der Waals surface area (Å²) in [6, 6.07) is 8.21. The predicted octanol–water partition coefficient (Wildman–Crippen LogP) is 3.68. The van der Waals surface area contributed by atoms with E-state index in [-0.39, 0.29) is 58.4 Å². The largest absolute Gasteiger partial charge is 0.457 e. The summed E-state index contributed by atoms with van der Waals surface area (Å²) in [6.45, 7) is 7.19. The Morgan fingerprint density at radius 1 is 0.622 bits per heavy atom. The molecule has 4 amide bonds. The Morgan fingerprint density at radius 3 is 1.32 bits per heavy atom. The van der Waals surface area contributed by atoms with Gasteiger partial charge in [0.25, 0.3) is 23.6 Å². The van der Waals surface area contributed by atoms with Gasteiger partial charge in [-0.1, -0.05) is 37.8 Å². The summed E-state index contributed by atoms with van der Waals surface area (Å²) in [5.74, 6) is -4.28. The molecule has 2 aromatic carbocycles. The topological polar surface area (TPSA) is 137 Å². The fourth-order valence-corrected chi connectivity index (χ4v) is 3.77. The Balaban J connectivity index is 1.50. The number of imide groups is 2. The van der Waals surface area contributed by atoms with E-state index < -0.39 is 35.6 Å². The number of nitrogens with zero attached hydrogens (tertiary/aromatic N) is 2. The number of carbonyl (C=O) groups is 6. The number of rotatable bonds is 8. The summed E-state index contributed by atoms with van der Waals surface area (Å²) in [5, 5.41) is 0.849. The molecule has 0 N–H and O–H groups in total. The third kappa shape index (κ3) is 5.06. The second kappa shape index (κ2) is 9.84. The molecule has 0 fully saturated rings. The van der Waals surface area contributed by atoms with Crippen molar-refractivity contribution < 1.29 is 43.2 Å². The first-order valence-electron chi connectivity index (χ1n) is 11.6. The third-order valence-corrected chi connectivity index (χ3v) is 5.41. The summed E-state index contributed by atoms with van der Waals surface area (Å²) in [4.78, 5) is 84.3. The molecule has 0 spiro atoms. The Kier molecular flexibility index (Phi) is 6.80. The Hall–Kier alpha value is -4.54. The lowest BCUT2D eigenvalue weighted by atomic mass is 10.1. The molecule has 0 atom stereocenters. The predicted molar refractivity (Wildman–Crippen MR) is 125 cm³/mol. The van der Waals surface area contributed by atoms with Crippen LogP contribution in [-0.4, -0.2) is 45.7 Å². The Morgan fingerprint density at radius 2 is 0.973 bits per heavy atom. The molecule has 2 aliphatic rings. The number of hydroxylamine groups is 4. The zero-order valence-corrected chi connectivity index (χ0v) is 20.6. The molecule has 0 saturated carbocycles. The average Bonchev–Trinajstić information content (AvgIpc) is 3.18. The highest BCUT2D eigenvalue weighted by Crippen LogP contribution is 2.33. The van der Waals surface area contributed by atoms with E-state index in [0.717, 1.165) is 0 Å². The van der Waals surface area contributed by atoms with Gasteiger partial charge in [-0.2, -0.15) is 0 Å². The van der Waals surface area contributed by atoms with Crippen molar-refractivity contribution in [3.63, 3.8) is 0 Å². The van der Waals surface area contributed by atoms with Gasteiger partial charge in [-0.25, -0.2) is 9.59 Å². The fraction of sp³-hybridized carbons (Fsp3) is 0.308. The van der Waals surface area contributed by atoms with Crippen molar-refractivity contribution in [3.8, 4) is 11.5 Å². The monoisotopic (exact) mass is 508 g/mol. The molecule has 192 valence electrons. The second-order valence-corrected chi connectivity index (χ2v) is 9.45. The SMILES string of the molecule is CC(C)CC(=O)ON1C(=O)c2ccc(Oc3ccc4c(c3)C(=O)N(OC(=O)CC(C)C)C4=O)cc2C1=O. The molecule has 0 bridgehead atoms. The molecule has 0 aliphatic carbocycles. The number of fused-ring (bicyclic) bond motifs is 2. The summed E-state index contributed by atoms with van der Waals surface area (Å²) in [7, 11) is 0. The number of carbonyl (C=O) groups excluding carboxylic acids is 6. The smallest absolute Gasteiger partial charge is 0.333 e. The fourth-order valence-electron chi connectivity index (χ4n) is 3.77. The first-order valence-corrected chi connectivity index (χ1v) is 11.6. The first kappa shape index (κ1) is 25.5. The number of benzene rings is 2. The van der Waals surface area contributed by atoms with E-state index in [1.807, 2.05) is 0 Å². The van der Waals surface area contributed by atoms with Crippen molar-refractivity contribution in [2.24, 2.45) is 11.8 Å². The van der Waals surface area contributed by atoms with E-state index >= 15 is 0 Å². The highest BCUT2D eigenvalue weighted by Gasteiger charge is 2.41. The average molecular weight is 508 g/mol. The molecular weight excluding hydrogens is 484 g/mol. The van der Waals surface area contributed by atoms with Gasteiger partial charge in [0.05, 0.1) is 35.1 Å². The van der Waals surface area contributed by atoms with Crippen molar-refractivity contribution >= 4 is 35.6 Å². The van der Waals surface area contributed by atoms with Gasteiger partial charge in [-0.3, -0.25) is 19.2 Å². The van der Waals surface area contributed by atoms with E-state index in [1.54, 1.807) is 27.7 Å².